The number of aliphatic hydroxyl groups excluding tert-OH is 1. The highest BCUT2D eigenvalue weighted by atomic mass is 31.2. The summed E-state index contributed by atoms with van der Waals surface area (Å²) in [5, 5.41) is 13.2. The van der Waals surface area contributed by atoms with E-state index < -0.39 is 32.4 Å². The molecule has 2 aromatic rings. The third-order valence-electron chi connectivity index (χ3n) is 4.33. The van der Waals surface area contributed by atoms with E-state index in [0.717, 1.165) is 0 Å². The number of hydrogen-bond donors (Lipinski definition) is 3. The minimum Gasteiger partial charge on any atom is -0.386 e. The van der Waals surface area contributed by atoms with E-state index in [-0.39, 0.29) is 18.3 Å². The molecule has 27 heavy (non-hydrogen) atoms. The predicted octanol–water partition coefficient (Wildman–Crippen LogP) is 0.339. The SMILES string of the molecule is CCCC(=O)Nc1ncnc2c1ncn2[C@@H]1O[C@@H]2COP(=O)(O)O[C@H]2[C@H]1O. The zero-order chi connectivity index (χ0) is 19.2. The molecule has 0 aliphatic carbocycles. The molecule has 5 atom stereocenters. The zero-order valence-corrected chi connectivity index (χ0v) is 15.2. The van der Waals surface area contributed by atoms with Gasteiger partial charge in [0.2, 0.25) is 5.91 Å². The fraction of sp³-hybridized carbons (Fsp3) is 0.571. The van der Waals surface area contributed by atoms with Crippen molar-refractivity contribution in [3.8, 4) is 0 Å². The molecule has 13 heteroatoms. The van der Waals surface area contributed by atoms with Crippen LogP contribution >= 0.6 is 7.82 Å². The van der Waals surface area contributed by atoms with E-state index >= 15 is 0 Å². The number of rotatable bonds is 4. The van der Waals surface area contributed by atoms with E-state index in [4.69, 9.17) is 13.8 Å². The highest BCUT2D eigenvalue weighted by Gasteiger charge is 2.52. The average Bonchev–Trinajstić information content (AvgIpc) is 3.17. The third-order valence-corrected chi connectivity index (χ3v) is 5.32. The quantitative estimate of drug-likeness (QED) is 0.612. The fourth-order valence-electron chi connectivity index (χ4n) is 3.12. The van der Waals surface area contributed by atoms with Crippen molar-refractivity contribution in [3.63, 3.8) is 0 Å². The van der Waals surface area contributed by atoms with Gasteiger partial charge in [-0.1, -0.05) is 6.92 Å². The predicted molar refractivity (Wildman–Crippen MR) is 89.4 cm³/mol. The number of ether oxygens (including phenoxy) is 1. The Labute approximate surface area is 153 Å². The van der Waals surface area contributed by atoms with Crippen LogP contribution in [0.1, 0.15) is 26.0 Å². The Morgan fingerprint density at radius 2 is 2.26 bits per heavy atom. The lowest BCUT2D eigenvalue weighted by Gasteiger charge is -2.27. The van der Waals surface area contributed by atoms with Crippen LogP contribution in [0, 0.1) is 0 Å². The maximum absolute atomic E-state index is 11.9. The van der Waals surface area contributed by atoms with Crippen molar-refractivity contribution in [3.05, 3.63) is 12.7 Å². The van der Waals surface area contributed by atoms with Crippen LogP contribution < -0.4 is 5.32 Å². The molecule has 2 fully saturated rings. The van der Waals surface area contributed by atoms with Gasteiger partial charge in [0.1, 0.15) is 24.6 Å². The Bertz CT molecular complexity index is 920. The van der Waals surface area contributed by atoms with Gasteiger partial charge in [-0.05, 0) is 6.42 Å². The first kappa shape index (κ1) is 18.4. The van der Waals surface area contributed by atoms with E-state index in [2.05, 4.69) is 20.3 Å². The number of anilines is 1. The highest BCUT2D eigenvalue weighted by molar-refractivity contribution is 7.47. The van der Waals surface area contributed by atoms with Gasteiger partial charge in [-0.3, -0.25) is 18.4 Å². The summed E-state index contributed by atoms with van der Waals surface area (Å²) in [6, 6.07) is 0. The number of amides is 1. The number of hydrogen-bond acceptors (Lipinski definition) is 9. The summed E-state index contributed by atoms with van der Waals surface area (Å²) in [5.74, 6) is 0.0565. The molecule has 0 aromatic carbocycles. The summed E-state index contributed by atoms with van der Waals surface area (Å²) in [5.41, 5.74) is 0.658. The molecule has 3 N–H and O–H groups in total. The minimum atomic E-state index is -4.21. The Hall–Kier alpha value is -1.95. The maximum Gasteiger partial charge on any atom is 0.472 e. The van der Waals surface area contributed by atoms with Crippen LogP contribution in [0.25, 0.3) is 11.2 Å². The molecular weight excluding hydrogens is 381 g/mol. The first-order chi connectivity index (χ1) is 12.9. The maximum atomic E-state index is 11.9. The summed E-state index contributed by atoms with van der Waals surface area (Å²) in [7, 11) is -4.21. The minimum absolute atomic E-state index is 0.189. The molecule has 1 unspecified atom stereocenters. The molecular formula is C14H18N5O7P. The first-order valence-corrected chi connectivity index (χ1v) is 9.86. The summed E-state index contributed by atoms with van der Waals surface area (Å²) in [6.07, 6.45) is -0.262. The Morgan fingerprint density at radius 1 is 1.44 bits per heavy atom. The number of carbonyl (C=O) groups is 1. The van der Waals surface area contributed by atoms with Crippen LogP contribution in [0.3, 0.4) is 0 Å². The van der Waals surface area contributed by atoms with Crippen molar-refractivity contribution in [1.29, 1.82) is 0 Å². The van der Waals surface area contributed by atoms with Crippen molar-refractivity contribution < 1.29 is 33.1 Å². The van der Waals surface area contributed by atoms with Gasteiger partial charge in [-0.15, -0.1) is 0 Å². The van der Waals surface area contributed by atoms with Crippen molar-refractivity contribution in [2.24, 2.45) is 0 Å². The largest absolute Gasteiger partial charge is 0.472 e. The van der Waals surface area contributed by atoms with Gasteiger partial charge in [0.15, 0.2) is 23.2 Å². The summed E-state index contributed by atoms with van der Waals surface area (Å²) >= 11 is 0. The number of phosphoric acid groups is 1. The van der Waals surface area contributed by atoms with E-state index in [0.29, 0.717) is 24.0 Å². The van der Waals surface area contributed by atoms with Crippen LogP contribution in [-0.4, -0.2) is 60.3 Å². The number of aliphatic hydroxyl groups is 1. The van der Waals surface area contributed by atoms with Crippen molar-refractivity contribution in [1.82, 2.24) is 19.5 Å². The Morgan fingerprint density at radius 3 is 3.04 bits per heavy atom. The highest BCUT2D eigenvalue weighted by Crippen LogP contribution is 2.52. The summed E-state index contributed by atoms with van der Waals surface area (Å²) < 4.78 is 28.4. The number of carbonyl (C=O) groups excluding carboxylic acids is 1. The second-order valence-electron chi connectivity index (χ2n) is 6.23. The van der Waals surface area contributed by atoms with Gasteiger partial charge in [0, 0.05) is 6.42 Å². The molecule has 146 valence electrons. The Balaban J connectivity index is 1.63. The molecule has 4 rings (SSSR count). The molecule has 12 nitrogen and oxygen atoms in total. The van der Waals surface area contributed by atoms with Crippen LogP contribution in [0.5, 0.6) is 0 Å². The molecule has 4 heterocycles. The molecule has 0 radical (unpaired) electrons. The van der Waals surface area contributed by atoms with Crippen molar-refractivity contribution in [2.75, 3.05) is 11.9 Å². The number of fused-ring (bicyclic) bond motifs is 2. The van der Waals surface area contributed by atoms with Crippen molar-refractivity contribution >= 4 is 30.7 Å². The topological polar surface area (TPSA) is 158 Å². The molecule has 2 aromatic heterocycles. The molecule has 2 saturated heterocycles. The third kappa shape index (κ3) is 3.35. The number of nitrogens with one attached hydrogen (secondary N) is 1. The van der Waals surface area contributed by atoms with E-state index in [1.807, 2.05) is 6.92 Å². The summed E-state index contributed by atoms with van der Waals surface area (Å²) in [6.45, 7) is 1.70. The molecule has 2 aliphatic heterocycles. The van der Waals surface area contributed by atoms with Gasteiger partial charge in [0.25, 0.3) is 0 Å². The zero-order valence-electron chi connectivity index (χ0n) is 14.3. The van der Waals surface area contributed by atoms with Gasteiger partial charge in [-0.25, -0.2) is 19.5 Å². The fourth-order valence-corrected chi connectivity index (χ4v) is 4.08. The monoisotopic (exact) mass is 399 g/mol. The summed E-state index contributed by atoms with van der Waals surface area (Å²) in [4.78, 5) is 33.7. The van der Waals surface area contributed by atoms with Crippen LogP contribution in [0.4, 0.5) is 5.82 Å². The van der Waals surface area contributed by atoms with Crippen LogP contribution in [0.2, 0.25) is 0 Å². The number of phosphoric ester groups is 1. The lowest BCUT2D eigenvalue weighted by molar-refractivity contribution is -0.116. The molecule has 0 bridgehead atoms. The molecule has 0 saturated carbocycles. The lowest BCUT2D eigenvalue weighted by Crippen LogP contribution is -2.39. The van der Waals surface area contributed by atoms with Crippen LogP contribution in [0.15, 0.2) is 12.7 Å². The molecule has 0 spiro atoms. The second-order valence-corrected chi connectivity index (χ2v) is 7.64. The lowest BCUT2D eigenvalue weighted by atomic mass is 10.1. The molecule has 1 amide bonds. The number of nitrogens with zero attached hydrogens (tertiary/aromatic N) is 4. The number of aromatic nitrogens is 4. The normalized spacial score (nSPS) is 33.1. The average molecular weight is 399 g/mol. The van der Waals surface area contributed by atoms with Gasteiger partial charge in [-0.2, -0.15) is 0 Å². The van der Waals surface area contributed by atoms with Crippen LogP contribution in [-0.2, 0) is 23.1 Å². The standard InChI is InChI=1S/C14H18N5O7P/c1-2-3-8(20)18-12-9-13(16-5-15-12)19(6-17-9)14-10(21)11-7(25-14)4-24-27(22,23)26-11/h5-7,10-11,14,21H,2-4H2,1H3,(H,22,23)(H,15,16,18,20)/t7-,10-,11-,14-/m1/s1. The van der Waals surface area contributed by atoms with Gasteiger partial charge < -0.3 is 20.1 Å². The number of imidazole rings is 1. The second kappa shape index (κ2) is 6.89. The molecule has 2 aliphatic rings. The smallest absolute Gasteiger partial charge is 0.386 e. The van der Waals surface area contributed by atoms with Gasteiger partial charge in [0.05, 0.1) is 12.9 Å². The Kier molecular flexibility index (Phi) is 4.70. The van der Waals surface area contributed by atoms with E-state index in [9.17, 15) is 19.4 Å². The van der Waals surface area contributed by atoms with E-state index in [1.165, 1.54) is 17.2 Å². The van der Waals surface area contributed by atoms with Gasteiger partial charge >= 0.3 is 7.82 Å². The van der Waals surface area contributed by atoms with E-state index in [1.54, 1.807) is 0 Å². The van der Waals surface area contributed by atoms with Crippen molar-refractivity contribution in [2.45, 2.75) is 44.3 Å². The first-order valence-electron chi connectivity index (χ1n) is 8.36.